The quantitative estimate of drug-likeness (QED) is 0.701. The van der Waals surface area contributed by atoms with E-state index in [-0.39, 0.29) is 0 Å². The fourth-order valence-electron chi connectivity index (χ4n) is 2.01. The molecule has 0 atom stereocenters. The summed E-state index contributed by atoms with van der Waals surface area (Å²) in [5, 5.41) is 0. The van der Waals surface area contributed by atoms with Gasteiger partial charge in [-0.05, 0) is 36.4 Å². The van der Waals surface area contributed by atoms with E-state index >= 15 is 0 Å². The smallest absolute Gasteiger partial charge is 0.0492 e. The summed E-state index contributed by atoms with van der Waals surface area (Å²) in [7, 11) is 0. The molecule has 0 amide bonds. The summed E-state index contributed by atoms with van der Waals surface area (Å²) in [5.41, 5.74) is 3.26. The molecule has 0 saturated carbocycles. The van der Waals surface area contributed by atoms with Gasteiger partial charge in [-0.25, -0.2) is 0 Å². The van der Waals surface area contributed by atoms with Crippen molar-refractivity contribution in [3.8, 4) is 0 Å². The zero-order valence-corrected chi connectivity index (χ0v) is 10.3. The molecule has 2 heterocycles. The van der Waals surface area contributed by atoms with Gasteiger partial charge in [-0.2, -0.15) is 0 Å². The maximum atomic E-state index is 4.08. The molecule has 2 aromatic heterocycles. The summed E-state index contributed by atoms with van der Waals surface area (Å²) in [5.74, 6) is 0. The van der Waals surface area contributed by atoms with Crippen LogP contribution in [0.1, 0.15) is 0 Å². The molecular weight excluding hydrogens is 234 g/mol. The maximum Gasteiger partial charge on any atom is 0.0492 e. The maximum absolute atomic E-state index is 4.08. The average Bonchev–Trinajstić information content (AvgIpc) is 2.51. The number of benzene rings is 1. The lowest BCUT2D eigenvalue weighted by atomic mass is 10.2. The Morgan fingerprint density at radius 1 is 0.526 bits per heavy atom. The molecular formula is C16H13N3. The Balaban J connectivity index is 2.12. The van der Waals surface area contributed by atoms with Crippen LogP contribution in [0.3, 0.4) is 0 Å². The van der Waals surface area contributed by atoms with E-state index in [9.17, 15) is 0 Å². The first-order valence-electron chi connectivity index (χ1n) is 6.10. The highest BCUT2D eigenvalue weighted by molar-refractivity contribution is 5.75. The van der Waals surface area contributed by atoms with Gasteiger partial charge in [0.05, 0.1) is 0 Å². The monoisotopic (exact) mass is 247 g/mol. The second kappa shape index (κ2) is 5.31. The molecule has 0 saturated heterocycles. The van der Waals surface area contributed by atoms with Crippen LogP contribution >= 0.6 is 0 Å². The largest absolute Gasteiger partial charge is 0.310 e. The first kappa shape index (κ1) is 11.4. The molecule has 0 unspecified atom stereocenters. The molecule has 0 radical (unpaired) electrons. The van der Waals surface area contributed by atoms with Crippen molar-refractivity contribution in [2.75, 3.05) is 4.90 Å². The van der Waals surface area contributed by atoms with E-state index in [2.05, 4.69) is 27.0 Å². The first-order chi connectivity index (χ1) is 9.45. The van der Waals surface area contributed by atoms with Gasteiger partial charge >= 0.3 is 0 Å². The van der Waals surface area contributed by atoms with Crippen molar-refractivity contribution in [2.24, 2.45) is 0 Å². The van der Waals surface area contributed by atoms with Gasteiger partial charge in [0.2, 0.25) is 0 Å². The first-order valence-corrected chi connectivity index (χ1v) is 6.10. The van der Waals surface area contributed by atoms with Crippen LogP contribution in [0.25, 0.3) is 0 Å². The number of anilines is 3. The van der Waals surface area contributed by atoms with Crippen LogP contribution in [-0.2, 0) is 0 Å². The Kier molecular flexibility index (Phi) is 3.19. The van der Waals surface area contributed by atoms with Crippen LogP contribution in [0.5, 0.6) is 0 Å². The average molecular weight is 247 g/mol. The number of rotatable bonds is 3. The molecule has 0 bridgehead atoms. The summed E-state index contributed by atoms with van der Waals surface area (Å²) in [6.45, 7) is 0. The van der Waals surface area contributed by atoms with Gasteiger partial charge in [-0.1, -0.05) is 18.2 Å². The second-order valence-corrected chi connectivity index (χ2v) is 4.08. The van der Waals surface area contributed by atoms with E-state index in [0.29, 0.717) is 0 Å². The van der Waals surface area contributed by atoms with Crippen LogP contribution in [0.15, 0.2) is 79.4 Å². The normalized spacial score (nSPS) is 10.1. The van der Waals surface area contributed by atoms with Crippen molar-refractivity contribution in [2.45, 2.75) is 0 Å². The van der Waals surface area contributed by atoms with Gasteiger partial charge in [0, 0.05) is 41.8 Å². The van der Waals surface area contributed by atoms with E-state index < -0.39 is 0 Å². The number of nitrogens with zero attached hydrogens (tertiary/aromatic N) is 3. The standard InChI is InChI=1S/C16H13N3/c1-2-4-14(5-3-1)19(15-6-10-17-11-7-15)16-8-12-18-13-9-16/h1-13H. The van der Waals surface area contributed by atoms with Crippen molar-refractivity contribution in [3.05, 3.63) is 79.4 Å². The third kappa shape index (κ3) is 2.45. The van der Waals surface area contributed by atoms with Crippen LogP contribution in [0.4, 0.5) is 17.1 Å². The summed E-state index contributed by atoms with van der Waals surface area (Å²) in [6, 6.07) is 18.2. The Hall–Kier alpha value is -2.68. The minimum absolute atomic E-state index is 1.08. The summed E-state index contributed by atoms with van der Waals surface area (Å²) >= 11 is 0. The van der Waals surface area contributed by atoms with Gasteiger partial charge < -0.3 is 4.90 Å². The van der Waals surface area contributed by atoms with Crippen LogP contribution < -0.4 is 4.90 Å². The second-order valence-electron chi connectivity index (χ2n) is 4.08. The molecule has 0 fully saturated rings. The molecule has 0 aliphatic carbocycles. The predicted octanol–water partition coefficient (Wildman–Crippen LogP) is 3.95. The lowest BCUT2D eigenvalue weighted by molar-refractivity contribution is 1.22. The van der Waals surface area contributed by atoms with Gasteiger partial charge in [0.25, 0.3) is 0 Å². The Morgan fingerprint density at radius 2 is 0.947 bits per heavy atom. The molecule has 1 aromatic carbocycles. The highest BCUT2D eigenvalue weighted by atomic mass is 15.1. The van der Waals surface area contributed by atoms with Crippen LogP contribution in [-0.4, -0.2) is 9.97 Å². The van der Waals surface area contributed by atoms with Gasteiger partial charge in [-0.15, -0.1) is 0 Å². The lowest BCUT2D eigenvalue weighted by Gasteiger charge is -2.24. The zero-order valence-electron chi connectivity index (χ0n) is 10.3. The molecule has 3 heteroatoms. The van der Waals surface area contributed by atoms with E-state index in [1.807, 2.05) is 42.5 Å². The Morgan fingerprint density at radius 3 is 1.42 bits per heavy atom. The molecule has 3 nitrogen and oxygen atoms in total. The fourth-order valence-corrected chi connectivity index (χ4v) is 2.01. The van der Waals surface area contributed by atoms with Gasteiger partial charge in [-0.3, -0.25) is 9.97 Å². The van der Waals surface area contributed by atoms with Crippen molar-refractivity contribution >= 4 is 17.1 Å². The zero-order chi connectivity index (χ0) is 12.9. The SMILES string of the molecule is c1ccc(N(c2ccncc2)c2ccncc2)cc1. The third-order valence-electron chi connectivity index (χ3n) is 2.86. The van der Waals surface area contributed by atoms with Crippen LogP contribution in [0, 0.1) is 0 Å². The van der Waals surface area contributed by atoms with Gasteiger partial charge in [0.1, 0.15) is 0 Å². The molecule has 0 spiro atoms. The lowest BCUT2D eigenvalue weighted by Crippen LogP contribution is -2.09. The van der Waals surface area contributed by atoms with E-state index in [0.717, 1.165) is 17.1 Å². The predicted molar refractivity (Wildman–Crippen MR) is 76.7 cm³/mol. The topological polar surface area (TPSA) is 29.0 Å². The molecule has 92 valence electrons. The van der Waals surface area contributed by atoms with E-state index in [1.165, 1.54) is 0 Å². The number of hydrogen-bond donors (Lipinski definition) is 0. The molecule has 0 aliphatic heterocycles. The number of pyridine rings is 2. The number of para-hydroxylation sites is 1. The summed E-state index contributed by atoms with van der Waals surface area (Å²) < 4.78 is 0. The van der Waals surface area contributed by atoms with Crippen molar-refractivity contribution in [3.63, 3.8) is 0 Å². The number of aromatic nitrogens is 2. The van der Waals surface area contributed by atoms with Gasteiger partial charge in [0.15, 0.2) is 0 Å². The summed E-state index contributed by atoms with van der Waals surface area (Å²) in [4.78, 5) is 10.3. The summed E-state index contributed by atoms with van der Waals surface area (Å²) in [6.07, 6.45) is 7.19. The fraction of sp³-hybridized carbons (Fsp3) is 0. The number of hydrogen-bond acceptors (Lipinski definition) is 3. The minimum atomic E-state index is 1.08. The molecule has 19 heavy (non-hydrogen) atoms. The molecule has 0 N–H and O–H groups in total. The van der Waals surface area contributed by atoms with Crippen molar-refractivity contribution in [1.82, 2.24) is 9.97 Å². The highest BCUT2D eigenvalue weighted by Crippen LogP contribution is 2.32. The third-order valence-corrected chi connectivity index (χ3v) is 2.86. The van der Waals surface area contributed by atoms with Crippen molar-refractivity contribution in [1.29, 1.82) is 0 Å². The van der Waals surface area contributed by atoms with E-state index in [1.54, 1.807) is 24.8 Å². The van der Waals surface area contributed by atoms with E-state index in [4.69, 9.17) is 0 Å². The van der Waals surface area contributed by atoms with Crippen molar-refractivity contribution < 1.29 is 0 Å². The van der Waals surface area contributed by atoms with Crippen LogP contribution in [0.2, 0.25) is 0 Å². The molecule has 0 aliphatic rings. The molecule has 3 aromatic rings. The highest BCUT2D eigenvalue weighted by Gasteiger charge is 2.10. The minimum Gasteiger partial charge on any atom is -0.310 e. The molecule has 3 rings (SSSR count). The Labute approximate surface area is 112 Å². The Bertz CT molecular complexity index is 530.